The molecule has 1 aliphatic heterocycles. The van der Waals surface area contributed by atoms with Gasteiger partial charge in [0.15, 0.2) is 5.75 Å². The summed E-state index contributed by atoms with van der Waals surface area (Å²) in [5.74, 6) is -1.44. The highest BCUT2D eigenvalue weighted by molar-refractivity contribution is 5.97. The van der Waals surface area contributed by atoms with Crippen LogP contribution in [0.3, 0.4) is 0 Å². The van der Waals surface area contributed by atoms with Crippen molar-refractivity contribution in [1.29, 1.82) is 0 Å². The Kier molecular flexibility index (Phi) is 4.55. The first-order chi connectivity index (χ1) is 14.8. The van der Waals surface area contributed by atoms with Crippen LogP contribution >= 0.6 is 0 Å². The first-order valence-corrected chi connectivity index (χ1v) is 10.0. The highest BCUT2D eigenvalue weighted by Crippen LogP contribution is 2.43. The van der Waals surface area contributed by atoms with Crippen molar-refractivity contribution in [3.63, 3.8) is 0 Å². The van der Waals surface area contributed by atoms with E-state index < -0.39 is 18.0 Å². The van der Waals surface area contributed by atoms with Gasteiger partial charge in [0.2, 0.25) is 5.43 Å². The van der Waals surface area contributed by atoms with Crippen LogP contribution in [0.4, 0.5) is 8.78 Å². The molecule has 2 heterocycles. The molecule has 3 aromatic rings. The topological polar surface area (TPSA) is 71.8 Å². The van der Waals surface area contributed by atoms with Crippen LogP contribution in [0.25, 0.3) is 22.0 Å². The third-order valence-electron chi connectivity index (χ3n) is 5.92. The first kappa shape index (κ1) is 19.7. The molecular weight excluding hydrogens is 406 g/mol. The van der Waals surface area contributed by atoms with Crippen molar-refractivity contribution in [2.45, 2.75) is 38.6 Å². The predicted molar refractivity (Wildman–Crippen MR) is 111 cm³/mol. The van der Waals surface area contributed by atoms with Gasteiger partial charge in [0, 0.05) is 30.9 Å². The summed E-state index contributed by atoms with van der Waals surface area (Å²) < 4.78 is 33.5. The van der Waals surface area contributed by atoms with Gasteiger partial charge in [0.05, 0.1) is 10.9 Å². The van der Waals surface area contributed by atoms with Crippen LogP contribution in [0.2, 0.25) is 0 Å². The lowest BCUT2D eigenvalue weighted by molar-refractivity contribution is -0.0486. The Balaban J connectivity index is 1.80. The zero-order chi connectivity index (χ0) is 21.9. The van der Waals surface area contributed by atoms with E-state index in [1.165, 1.54) is 17.8 Å². The van der Waals surface area contributed by atoms with Crippen LogP contribution in [0.15, 0.2) is 41.3 Å². The molecule has 8 heteroatoms. The number of benzene rings is 2. The number of pyridine rings is 1. The molecule has 1 saturated carbocycles. The Morgan fingerprint density at radius 3 is 2.58 bits per heavy atom. The Labute approximate surface area is 176 Å². The van der Waals surface area contributed by atoms with Crippen molar-refractivity contribution in [1.82, 2.24) is 9.47 Å². The van der Waals surface area contributed by atoms with E-state index >= 15 is 0 Å². The van der Waals surface area contributed by atoms with Gasteiger partial charge in [-0.05, 0) is 54.8 Å². The van der Waals surface area contributed by atoms with Gasteiger partial charge in [-0.15, -0.1) is 0 Å². The fourth-order valence-corrected chi connectivity index (χ4v) is 4.38. The van der Waals surface area contributed by atoms with Crippen LogP contribution in [0.5, 0.6) is 5.75 Å². The normalized spacial score (nSPS) is 16.1. The third kappa shape index (κ3) is 3.37. The monoisotopic (exact) mass is 426 g/mol. The molecule has 0 unspecified atom stereocenters. The molecule has 1 aromatic heterocycles. The number of carbonyl (C=O) groups is 1. The van der Waals surface area contributed by atoms with Gasteiger partial charge in [0.1, 0.15) is 5.56 Å². The summed E-state index contributed by atoms with van der Waals surface area (Å²) in [6.07, 6.45) is 2.81. The molecule has 160 valence electrons. The highest BCUT2D eigenvalue weighted by Gasteiger charge is 2.30. The lowest BCUT2D eigenvalue weighted by atomic mass is 9.97. The maximum absolute atomic E-state index is 13.5. The average molecular weight is 426 g/mol. The molecule has 0 atom stereocenters. The Morgan fingerprint density at radius 1 is 1.16 bits per heavy atom. The SMILES string of the molecule is CN1Cc2ccc(-c3ccc4c(=O)c(C(=O)O)cn(C5CC5)c4c3OC(F)F)cc2C1. The molecule has 2 aliphatic rings. The molecule has 1 N–H and O–H groups in total. The Bertz CT molecular complexity index is 1280. The van der Waals surface area contributed by atoms with Gasteiger partial charge in [-0.3, -0.25) is 9.69 Å². The number of ether oxygens (including phenoxy) is 1. The summed E-state index contributed by atoms with van der Waals surface area (Å²) in [5, 5.41) is 9.50. The fourth-order valence-electron chi connectivity index (χ4n) is 4.38. The molecule has 0 bridgehead atoms. The molecule has 0 amide bonds. The van der Waals surface area contributed by atoms with Crippen LogP contribution in [-0.2, 0) is 13.1 Å². The van der Waals surface area contributed by atoms with Crippen LogP contribution in [0.1, 0.15) is 40.4 Å². The summed E-state index contributed by atoms with van der Waals surface area (Å²) in [6.45, 7) is -1.50. The van der Waals surface area contributed by atoms with E-state index in [0.29, 0.717) is 11.1 Å². The largest absolute Gasteiger partial charge is 0.477 e. The van der Waals surface area contributed by atoms with Gasteiger partial charge < -0.3 is 14.4 Å². The summed E-state index contributed by atoms with van der Waals surface area (Å²) in [5.41, 5.74) is 2.59. The van der Waals surface area contributed by atoms with Crippen LogP contribution in [0, 0.1) is 0 Å². The molecule has 0 spiro atoms. The fraction of sp³-hybridized carbons (Fsp3) is 0.304. The van der Waals surface area contributed by atoms with E-state index in [9.17, 15) is 23.5 Å². The lowest BCUT2D eigenvalue weighted by Gasteiger charge is -2.19. The standard InChI is InChI=1S/C23H20F2N2O4/c1-26-9-13-3-2-12(8-14(13)10-26)16-6-7-17-19(21(16)31-23(24)25)27(15-4-5-15)11-18(20(17)28)22(29)30/h2-3,6-8,11,15,23H,4-5,9-10H2,1H3,(H,29,30). The second-order valence-corrected chi connectivity index (χ2v) is 8.19. The van der Waals surface area contributed by atoms with Crippen molar-refractivity contribution >= 4 is 16.9 Å². The number of alkyl halides is 2. The lowest BCUT2D eigenvalue weighted by Crippen LogP contribution is -2.19. The van der Waals surface area contributed by atoms with E-state index in [-0.39, 0.29) is 28.3 Å². The minimum atomic E-state index is -3.09. The number of aromatic nitrogens is 1. The summed E-state index contributed by atoms with van der Waals surface area (Å²) in [6, 6.07) is 8.82. The smallest absolute Gasteiger partial charge is 0.387 e. The van der Waals surface area contributed by atoms with Crippen LogP contribution < -0.4 is 10.2 Å². The Hall–Kier alpha value is -3.26. The number of nitrogens with zero attached hydrogens (tertiary/aromatic N) is 2. The number of hydrogen-bond donors (Lipinski definition) is 1. The van der Waals surface area contributed by atoms with Crippen LogP contribution in [-0.4, -0.2) is 34.2 Å². The van der Waals surface area contributed by atoms with Gasteiger partial charge >= 0.3 is 12.6 Å². The summed E-state index contributed by atoms with van der Waals surface area (Å²) >= 11 is 0. The highest BCUT2D eigenvalue weighted by atomic mass is 19.3. The molecule has 0 radical (unpaired) electrons. The molecule has 1 fully saturated rings. The van der Waals surface area contributed by atoms with E-state index in [1.807, 2.05) is 25.2 Å². The van der Waals surface area contributed by atoms with Crippen molar-refractivity contribution in [2.75, 3.05) is 7.05 Å². The maximum atomic E-state index is 13.5. The maximum Gasteiger partial charge on any atom is 0.387 e. The number of rotatable bonds is 5. The number of fused-ring (bicyclic) bond motifs is 2. The molecule has 5 rings (SSSR count). The zero-order valence-corrected chi connectivity index (χ0v) is 16.8. The minimum Gasteiger partial charge on any atom is -0.477 e. The number of aromatic carboxylic acids is 1. The molecule has 31 heavy (non-hydrogen) atoms. The van der Waals surface area contributed by atoms with E-state index in [2.05, 4.69) is 4.90 Å². The summed E-state index contributed by atoms with van der Waals surface area (Å²) in [4.78, 5) is 26.5. The number of halogens is 2. The minimum absolute atomic E-state index is 0.0508. The van der Waals surface area contributed by atoms with E-state index in [1.54, 1.807) is 10.6 Å². The molecular formula is C23H20F2N2O4. The van der Waals surface area contributed by atoms with E-state index in [4.69, 9.17) is 4.74 Å². The van der Waals surface area contributed by atoms with Gasteiger partial charge in [-0.2, -0.15) is 8.78 Å². The van der Waals surface area contributed by atoms with Gasteiger partial charge in [-0.1, -0.05) is 12.1 Å². The zero-order valence-electron chi connectivity index (χ0n) is 16.8. The molecule has 1 aliphatic carbocycles. The first-order valence-electron chi connectivity index (χ1n) is 10.0. The third-order valence-corrected chi connectivity index (χ3v) is 5.92. The second kappa shape index (κ2) is 7.16. The number of carboxylic acid groups (broad SMARTS) is 1. The molecule has 2 aromatic carbocycles. The Morgan fingerprint density at radius 2 is 1.90 bits per heavy atom. The number of hydrogen-bond acceptors (Lipinski definition) is 4. The average Bonchev–Trinajstić information content (AvgIpc) is 3.48. The van der Waals surface area contributed by atoms with Crippen molar-refractivity contribution in [2.24, 2.45) is 0 Å². The molecule has 6 nitrogen and oxygen atoms in total. The molecule has 0 saturated heterocycles. The van der Waals surface area contributed by atoms with Crippen molar-refractivity contribution in [3.8, 4) is 16.9 Å². The van der Waals surface area contributed by atoms with E-state index in [0.717, 1.165) is 31.5 Å². The quantitative estimate of drug-likeness (QED) is 0.661. The summed E-state index contributed by atoms with van der Waals surface area (Å²) in [7, 11) is 2.01. The van der Waals surface area contributed by atoms with Crippen molar-refractivity contribution in [3.05, 3.63) is 63.4 Å². The van der Waals surface area contributed by atoms with Gasteiger partial charge in [-0.25, -0.2) is 4.79 Å². The second-order valence-electron chi connectivity index (χ2n) is 8.19. The van der Waals surface area contributed by atoms with Crippen molar-refractivity contribution < 1.29 is 23.4 Å². The van der Waals surface area contributed by atoms with Gasteiger partial charge in [0.25, 0.3) is 0 Å². The number of carboxylic acids is 1. The predicted octanol–water partition coefficient (Wildman–Crippen LogP) is 4.25.